The maximum Gasteiger partial charge on any atom is 0.416 e. The zero-order valence-corrected chi connectivity index (χ0v) is 16.9. The number of alkyl halides is 3. The largest absolute Gasteiger partial charge is 0.496 e. The molecule has 2 aromatic carbocycles. The van der Waals surface area contributed by atoms with Crippen LogP contribution in [0.1, 0.15) is 11.3 Å². The molecule has 9 heteroatoms. The molecule has 0 aliphatic rings. The third-order valence-electron chi connectivity index (χ3n) is 4.59. The van der Waals surface area contributed by atoms with Gasteiger partial charge < -0.3 is 18.9 Å². The fourth-order valence-corrected chi connectivity index (χ4v) is 3.33. The van der Waals surface area contributed by atoms with E-state index in [9.17, 15) is 13.2 Å². The number of hydrogen-bond acceptors (Lipinski definition) is 5. The summed E-state index contributed by atoms with van der Waals surface area (Å²) in [6.45, 7) is 0.350. The van der Waals surface area contributed by atoms with Gasteiger partial charge in [-0.25, -0.2) is 4.98 Å². The molecule has 0 spiro atoms. The molecule has 2 aromatic heterocycles. The first-order chi connectivity index (χ1) is 14.8. The number of methoxy groups -OCH3 is 1. The van der Waals surface area contributed by atoms with E-state index in [2.05, 4.69) is 10.3 Å². The summed E-state index contributed by atoms with van der Waals surface area (Å²) in [5, 5.41) is 3.18. The Bertz CT molecular complexity index is 1190. The van der Waals surface area contributed by atoms with Crippen LogP contribution in [-0.2, 0) is 12.7 Å². The highest BCUT2D eigenvalue weighted by molar-refractivity contribution is 6.33. The lowest BCUT2D eigenvalue weighted by molar-refractivity contribution is -0.137. The molecular weight excluding hydrogens is 433 g/mol. The minimum Gasteiger partial charge on any atom is -0.496 e. The van der Waals surface area contributed by atoms with Crippen molar-refractivity contribution in [1.29, 1.82) is 0 Å². The van der Waals surface area contributed by atoms with Crippen LogP contribution in [0, 0.1) is 0 Å². The van der Waals surface area contributed by atoms with Crippen LogP contribution in [0.4, 0.5) is 18.9 Å². The molecule has 0 atom stereocenters. The van der Waals surface area contributed by atoms with Crippen molar-refractivity contribution in [3.8, 4) is 28.4 Å². The van der Waals surface area contributed by atoms with Crippen LogP contribution in [0.25, 0.3) is 22.6 Å². The van der Waals surface area contributed by atoms with E-state index >= 15 is 0 Å². The van der Waals surface area contributed by atoms with Gasteiger partial charge in [-0.2, -0.15) is 13.2 Å². The molecule has 0 bridgehead atoms. The van der Waals surface area contributed by atoms with E-state index in [0.29, 0.717) is 35.1 Å². The monoisotopic (exact) mass is 448 g/mol. The highest BCUT2D eigenvalue weighted by Gasteiger charge is 2.31. The molecule has 31 heavy (non-hydrogen) atoms. The van der Waals surface area contributed by atoms with Crippen molar-refractivity contribution in [3.05, 3.63) is 77.5 Å². The second-order valence-corrected chi connectivity index (χ2v) is 7.00. The second-order valence-electron chi connectivity index (χ2n) is 6.59. The molecule has 2 heterocycles. The van der Waals surface area contributed by atoms with E-state index in [1.54, 1.807) is 25.4 Å². The van der Waals surface area contributed by atoms with Gasteiger partial charge in [0.05, 0.1) is 36.0 Å². The van der Waals surface area contributed by atoms with Crippen LogP contribution >= 0.6 is 11.6 Å². The summed E-state index contributed by atoms with van der Waals surface area (Å²) in [5.74, 6) is 2.17. The number of aromatic nitrogens is 1. The topological polar surface area (TPSA) is 60.4 Å². The highest BCUT2D eigenvalue weighted by atomic mass is 35.5. The summed E-state index contributed by atoms with van der Waals surface area (Å²) in [5.41, 5.74) is 1.13. The van der Waals surface area contributed by atoms with Gasteiger partial charge in [0, 0.05) is 17.3 Å². The van der Waals surface area contributed by atoms with Crippen molar-refractivity contribution in [2.45, 2.75) is 12.7 Å². The van der Waals surface area contributed by atoms with Crippen LogP contribution in [0.15, 0.2) is 70.0 Å². The van der Waals surface area contributed by atoms with E-state index in [0.717, 1.165) is 23.4 Å². The van der Waals surface area contributed by atoms with Crippen molar-refractivity contribution >= 4 is 17.3 Å². The number of rotatable bonds is 6. The van der Waals surface area contributed by atoms with Crippen LogP contribution in [-0.4, -0.2) is 12.1 Å². The highest BCUT2D eigenvalue weighted by Crippen LogP contribution is 2.36. The predicted octanol–water partition coefficient (Wildman–Crippen LogP) is 6.89. The van der Waals surface area contributed by atoms with Crippen molar-refractivity contribution in [1.82, 2.24) is 4.98 Å². The van der Waals surface area contributed by atoms with Gasteiger partial charge in [-0.15, -0.1) is 0 Å². The standard InChI is InChI=1S/C22H16ClF3N2O3/c1-29-20-9-14(3-6-17(20)21-11-27-12-30-21)28-10-15-4-7-19(31-15)16-5-2-13(8-18(16)23)22(24,25)26/h2-9,11-12,28H,10H2,1H3. The molecule has 160 valence electrons. The maximum atomic E-state index is 12.8. The van der Waals surface area contributed by atoms with Crippen molar-refractivity contribution in [3.63, 3.8) is 0 Å². The second kappa shape index (κ2) is 8.39. The molecule has 0 saturated carbocycles. The summed E-state index contributed by atoms with van der Waals surface area (Å²) in [4.78, 5) is 3.91. The summed E-state index contributed by atoms with van der Waals surface area (Å²) >= 11 is 6.04. The third-order valence-corrected chi connectivity index (χ3v) is 4.90. The Kier molecular flexibility index (Phi) is 5.65. The molecule has 5 nitrogen and oxygen atoms in total. The van der Waals surface area contributed by atoms with Crippen LogP contribution in [0.3, 0.4) is 0 Å². The zero-order chi connectivity index (χ0) is 22.0. The Morgan fingerprint density at radius 3 is 2.52 bits per heavy atom. The number of oxazole rings is 1. The number of anilines is 1. The fourth-order valence-electron chi connectivity index (χ4n) is 3.05. The van der Waals surface area contributed by atoms with Gasteiger partial charge in [-0.1, -0.05) is 11.6 Å². The molecule has 0 radical (unpaired) electrons. The van der Waals surface area contributed by atoms with E-state index in [-0.39, 0.29) is 5.02 Å². The van der Waals surface area contributed by atoms with Gasteiger partial charge in [-0.05, 0) is 42.5 Å². The van der Waals surface area contributed by atoms with Gasteiger partial charge in [0.25, 0.3) is 0 Å². The Balaban J connectivity index is 1.48. The van der Waals surface area contributed by atoms with Crippen molar-refractivity contribution in [2.75, 3.05) is 12.4 Å². The van der Waals surface area contributed by atoms with Crippen molar-refractivity contribution in [2.24, 2.45) is 0 Å². The summed E-state index contributed by atoms with van der Waals surface area (Å²) in [7, 11) is 1.56. The van der Waals surface area contributed by atoms with Crippen LogP contribution in [0.2, 0.25) is 5.02 Å². The molecular formula is C22H16ClF3N2O3. The number of nitrogens with one attached hydrogen (secondary N) is 1. The lowest BCUT2D eigenvalue weighted by atomic mass is 10.1. The molecule has 0 amide bonds. The van der Waals surface area contributed by atoms with Gasteiger partial charge in [-0.3, -0.25) is 0 Å². The Hall–Kier alpha value is -3.39. The number of hydrogen-bond donors (Lipinski definition) is 1. The quantitative estimate of drug-likeness (QED) is 0.348. The number of nitrogens with zero attached hydrogens (tertiary/aromatic N) is 1. The van der Waals surface area contributed by atoms with E-state index < -0.39 is 11.7 Å². The van der Waals surface area contributed by atoms with Crippen LogP contribution in [0.5, 0.6) is 5.75 Å². The minimum atomic E-state index is -4.45. The maximum absolute atomic E-state index is 12.8. The number of furan rings is 1. The molecule has 0 aliphatic heterocycles. The van der Waals surface area contributed by atoms with Crippen LogP contribution < -0.4 is 10.1 Å². The van der Waals surface area contributed by atoms with E-state index in [1.165, 1.54) is 12.5 Å². The molecule has 0 fully saturated rings. The first-order valence-electron chi connectivity index (χ1n) is 9.12. The molecule has 0 aliphatic carbocycles. The zero-order valence-electron chi connectivity index (χ0n) is 16.2. The number of ether oxygens (including phenoxy) is 1. The fraction of sp³-hybridized carbons (Fsp3) is 0.136. The number of halogens is 4. The minimum absolute atomic E-state index is 0.0311. The van der Waals surface area contributed by atoms with E-state index in [4.69, 9.17) is 25.2 Å². The van der Waals surface area contributed by atoms with Crippen molar-refractivity contribution < 1.29 is 26.7 Å². The SMILES string of the molecule is COc1cc(NCc2ccc(-c3ccc(C(F)(F)F)cc3Cl)o2)ccc1-c1cnco1. The molecule has 1 N–H and O–H groups in total. The molecule has 4 aromatic rings. The Morgan fingerprint density at radius 2 is 1.84 bits per heavy atom. The normalized spacial score (nSPS) is 11.5. The average molecular weight is 449 g/mol. The number of benzene rings is 2. The summed E-state index contributed by atoms with van der Waals surface area (Å²) < 4.78 is 54.9. The van der Waals surface area contributed by atoms with Gasteiger partial charge in [0.1, 0.15) is 17.3 Å². The van der Waals surface area contributed by atoms with Gasteiger partial charge in [0.2, 0.25) is 0 Å². The first-order valence-corrected chi connectivity index (χ1v) is 9.49. The smallest absolute Gasteiger partial charge is 0.416 e. The third kappa shape index (κ3) is 4.54. The Labute approximate surface area is 180 Å². The summed E-state index contributed by atoms with van der Waals surface area (Å²) in [6, 6.07) is 12.1. The molecule has 4 rings (SSSR count). The molecule has 0 unspecified atom stereocenters. The van der Waals surface area contributed by atoms with Gasteiger partial charge in [0.15, 0.2) is 12.2 Å². The lowest BCUT2D eigenvalue weighted by Crippen LogP contribution is -2.04. The summed E-state index contributed by atoms with van der Waals surface area (Å²) in [6.07, 6.45) is -1.51. The average Bonchev–Trinajstić information content (AvgIpc) is 3.43. The lowest BCUT2D eigenvalue weighted by Gasteiger charge is -2.10. The van der Waals surface area contributed by atoms with Gasteiger partial charge >= 0.3 is 6.18 Å². The predicted molar refractivity (Wildman–Crippen MR) is 110 cm³/mol. The Morgan fingerprint density at radius 1 is 1.03 bits per heavy atom. The molecule has 0 saturated heterocycles. The first kappa shape index (κ1) is 20.9. The van der Waals surface area contributed by atoms with E-state index in [1.807, 2.05) is 18.2 Å².